The summed E-state index contributed by atoms with van der Waals surface area (Å²) in [6, 6.07) is 20.6. The zero-order valence-corrected chi connectivity index (χ0v) is 15.3. The molecule has 2 heterocycles. The Morgan fingerprint density at radius 1 is 1.15 bits per heavy atom. The molecule has 0 fully saturated rings. The van der Waals surface area contributed by atoms with Crippen molar-refractivity contribution < 1.29 is 9.53 Å². The average Bonchev–Trinajstić information content (AvgIpc) is 3.06. The van der Waals surface area contributed by atoms with Gasteiger partial charge in [-0.15, -0.1) is 0 Å². The molecule has 1 aliphatic rings. The summed E-state index contributed by atoms with van der Waals surface area (Å²) in [6.07, 6.45) is 1.41. The lowest BCUT2D eigenvalue weighted by molar-refractivity contribution is -0.143. The van der Waals surface area contributed by atoms with Gasteiger partial charge in [-0.2, -0.15) is 0 Å². The van der Waals surface area contributed by atoms with Crippen molar-refractivity contribution in [1.82, 2.24) is 9.47 Å². The van der Waals surface area contributed by atoms with Crippen LogP contribution in [0, 0.1) is 0 Å². The third kappa shape index (κ3) is 2.90. The number of methoxy groups -OCH3 is 1. The molecule has 1 aliphatic heterocycles. The average molecular weight is 348 g/mol. The second-order valence-corrected chi connectivity index (χ2v) is 6.97. The van der Waals surface area contributed by atoms with E-state index in [4.69, 9.17) is 4.74 Å². The van der Waals surface area contributed by atoms with Crippen LogP contribution in [-0.4, -0.2) is 35.6 Å². The Balaban J connectivity index is 1.57. The summed E-state index contributed by atoms with van der Waals surface area (Å²) >= 11 is 0. The quantitative estimate of drug-likeness (QED) is 0.719. The first kappa shape index (κ1) is 16.9. The summed E-state index contributed by atoms with van der Waals surface area (Å²) in [5, 5.41) is 1.27. The van der Waals surface area contributed by atoms with Gasteiger partial charge in [-0.25, -0.2) is 0 Å². The summed E-state index contributed by atoms with van der Waals surface area (Å²) in [4.78, 5) is 15.0. The highest BCUT2D eigenvalue weighted by atomic mass is 16.5. The number of amides is 1. The number of hydrogen-bond acceptors (Lipinski definition) is 2. The molecular formula is C22H24N2O2. The highest BCUT2D eigenvalue weighted by Gasteiger charge is 2.31. The van der Waals surface area contributed by atoms with E-state index < -0.39 is 6.10 Å². The van der Waals surface area contributed by atoms with Gasteiger partial charge in [0.1, 0.15) is 0 Å². The molecular weight excluding hydrogens is 324 g/mol. The van der Waals surface area contributed by atoms with Crippen molar-refractivity contribution in [2.24, 2.45) is 0 Å². The fraction of sp³-hybridized carbons (Fsp3) is 0.318. The summed E-state index contributed by atoms with van der Waals surface area (Å²) in [5.41, 5.74) is 3.50. The van der Waals surface area contributed by atoms with Crippen LogP contribution >= 0.6 is 0 Å². The van der Waals surface area contributed by atoms with E-state index in [9.17, 15) is 4.79 Å². The molecule has 0 aliphatic carbocycles. The van der Waals surface area contributed by atoms with Crippen LogP contribution in [0.15, 0.2) is 60.7 Å². The number of para-hydroxylation sites is 1. The van der Waals surface area contributed by atoms with Crippen molar-refractivity contribution in [1.29, 1.82) is 0 Å². The van der Waals surface area contributed by atoms with E-state index in [1.165, 1.54) is 16.6 Å². The van der Waals surface area contributed by atoms with Gasteiger partial charge in [0.15, 0.2) is 6.10 Å². The normalized spacial score (nSPS) is 17.7. The minimum atomic E-state index is -0.552. The Morgan fingerprint density at radius 2 is 1.88 bits per heavy atom. The number of likely N-dealkylation sites (N-methyl/N-ethyl adjacent to an activating group) is 1. The van der Waals surface area contributed by atoms with Crippen molar-refractivity contribution >= 4 is 16.8 Å². The van der Waals surface area contributed by atoms with Crippen LogP contribution in [0.25, 0.3) is 10.9 Å². The van der Waals surface area contributed by atoms with Crippen LogP contribution in [0.2, 0.25) is 0 Å². The van der Waals surface area contributed by atoms with Gasteiger partial charge in [-0.3, -0.25) is 4.79 Å². The Labute approximate surface area is 154 Å². The molecule has 0 bridgehead atoms. The number of aryl methyl sites for hydroxylation is 1. The van der Waals surface area contributed by atoms with Crippen LogP contribution in [0.1, 0.15) is 23.8 Å². The zero-order chi connectivity index (χ0) is 18.1. The van der Waals surface area contributed by atoms with E-state index in [2.05, 4.69) is 34.9 Å². The van der Waals surface area contributed by atoms with Crippen molar-refractivity contribution in [2.75, 3.05) is 14.2 Å². The molecule has 134 valence electrons. The third-order valence-corrected chi connectivity index (χ3v) is 5.48. The van der Waals surface area contributed by atoms with E-state index in [1.54, 1.807) is 7.11 Å². The molecule has 0 N–H and O–H groups in total. The van der Waals surface area contributed by atoms with Crippen LogP contribution in [0.4, 0.5) is 0 Å². The summed E-state index contributed by atoms with van der Waals surface area (Å²) in [7, 11) is 3.50. The van der Waals surface area contributed by atoms with E-state index in [-0.39, 0.29) is 11.9 Å². The fourth-order valence-electron chi connectivity index (χ4n) is 4.00. The number of rotatable bonds is 4. The number of hydrogen-bond donors (Lipinski definition) is 0. The predicted octanol–water partition coefficient (Wildman–Crippen LogP) is 3.80. The molecule has 0 radical (unpaired) electrons. The smallest absolute Gasteiger partial charge is 0.256 e. The summed E-state index contributed by atoms with van der Waals surface area (Å²) in [5.74, 6) is 0.0172. The minimum Gasteiger partial charge on any atom is -0.367 e. The van der Waals surface area contributed by atoms with Crippen molar-refractivity contribution in [3.05, 3.63) is 71.9 Å². The molecule has 0 saturated carbocycles. The number of fused-ring (bicyclic) bond motifs is 3. The Bertz CT molecular complexity index is 916. The zero-order valence-electron chi connectivity index (χ0n) is 15.3. The van der Waals surface area contributed by atoms with E-state index in [0.717, 1.165) is 24.9 Å². The van der Waals surface area contributed by atoms with Gasteiger partial charge < -0.3 is 14.2 Å². The Hall–Kier alpha value is -2.59. The second-order valence-electron chi connectivity index (χ2n) is 6.97. The van der Waals surface area contributed by atoms with Gasteiger partial charge >= 0.3 is 0 Å². The van der Waals surface area contributed by atoms with Gasteiger partial charge in [0.05, 0.1) is 0 Å². The minimum absolute atomic E-state index is 0.0172. The van der Waals surface area contributed by atoms with Crippen LogP contribution in [0.3, 0.4) is 0 Å². The molecule has 1 aromatic heterocycles. The molecule has 2 aromatic carbocycles. The third-order valence-electron chi connectivity index (χ3n) is 5.48. The maximum absolute atomic E-state index is 13.1. The monoisotopic (exact) mass is 348 g/mol. The first-order valence-corrected chi connectivity index (χ1v) is 9.10. The molecule has 0 spiro atoms. The SMILES string of the molecule is COC(C(=O)N(C)[C@@H]1CCc2cc3ccccc3n2C1)c1ccccc1. The first-order valence-electron chi connectivity index (χ1n) is 9.10. The lowest BCUT2D eigenvalue weighted by Crippen LogP contribution is -2.44. The first-order chi connectivity index (χ1) is 12.7. The maximum atomic E-state index is 13.1. The van der Waals surface area contributed by atoms with Crippen LogP contribution in [-0.2, 0) is 22.5 Å². The largest absolute Gasteiger partial charge is 0.367 e. The molecule has 26 heavy (non-hydrogen) atoms. The molecule has 2 atom stereocenters. The van der Waals surface area contributed by atoms with Gasteiger partial charge in [0.2, 0.25) is 0 Å². The molecule has 1 unspecified atom stereocenters. The van der Waals surface area contributed by atoms with Crippen molar-refractivity contribution in [3.63, 3.8) is 0 Å². The predicted molar refractivity (Wildman–Crippen MR) is 103 cm³/mol. The topological polar surface area (TPSA) is 34.5 Å². The molecule has 3 aromatic rings. The Morgan fingerprint density at radius 3 is 2.65 bits per heavy atom. The molecule has 0 saturated heterocycles. The summed E-state index contributed by atoms with van der Waals surface area (Å²) in [6.45, 7) is 0.830. The van der Waals surface area contributed by atoms with Crippen molar-refractivity contribution in [2.45, 2.75) is 31.5 Å². The van der Waals surface area contributed by atoms with E-state index in [0.29, 0.717) is 0 Å². The second kappa shape index (κ2) is 6.96. The highest BCUT2D eigenvalue weighted by molar-refractivity contribution is 5.83. The number of aromatic nitrogens is 1. The summed E-state index contributed by atoms with van der Waals surface area (Å²) < 4.78 is 7.90. The molecule has 4 nitrogen and oxygen atoms in total. The van der Waals surface area contributed by atoms with E-state index >= 15 is 0 Å². The fourth-order valence-corrected chi connectivity index (χ4v) is 4.00. The standard InChI is InChI=1S/C22H24N2O2/c1-23(22(25)21(26-2)16-8-4-3-5-9-16)19-13-12-18-14-17-10-6-7-11-20(17)24(18)15-19/h3-11,14,19,21H,12-13,15H2,1-2H3/t19-,21?/m1/s1. The Kier molecular flexibility index (Phi) is 4.51. The lowest BCUT2D eigenvalue weighted by Gasteiger charge is -2.34. The van der Waals surface area contributed by atoms with Crippen molar-refractivity contribution in [3.8, 4) is 0 Å². The number of carbonyl (C=O) groups excluding carboxylic acids is 1. The van der Waals surface area contributed by atoms with Crippen LogP contribution < -0.4 is 0 Å². The van der Waals surface area contributed by atoms with Gasteiger partial charge in [0.25, 0.3) is 5.91 Å². The van der Waals surface area contributed by atoms with E-state index in [1.807, 2.05) is 42.3 Å². The molecule has 1 amide bonds. The van der Waals surface area contributed by atoms with Gasteiger partial charge in [-0.05, 0) is 35.9 Å². The number of benzene rings is 2. The van der Waals surface area contributed by atoms with Gasteiger partial charge in [-0.1, -0.05) is 48.5 Å². The van der Waals surface area contributed by atoms with Gasteiger partial charge in [0, 0.05) is 38.0 Å². The molecule has 4 rings (SSSR count). The number of nitrogens with zero attached hydrogens (tertiary/aromatic N) is 2. The highest BCUT2D eigenvalue weighted by Crippen LogP contribution is 2.28. The maximum Gasteiger partial charge on any atom is 0.256 e. The number of ether oxygens (including phenoxy) is 1. The van der Waals surface area contributed by atoms with Crippen LogP contribution in [0.5, 0.6) is 0 Å². The number of carbonyl (C=O) groups is 1. The molecule has 4 heteroatoms. The lowest BCUT2D eigenvalue weighted by atomic mass is 10.0.